The number of Topliss-reactive ketones (excluding diaryl/α,β-unsaturated/α-hetero) is 1. The summed E-state index contributed by atoms with van der Waals surface area (Å²) in [5.41, 5.74) is -0.979. The molecule has 1 aromatic heterocycles. The molecule has 0 aliphatic carbocycles. The van der Waals surface area contributed by atoms with Crippen molar-refractivity contribution in [1.82, 2.24) is 0 Å². The number of hydrogen-bond donors (Lipinski definition) is 2. The minimum absolute atomic E-state index is 0.0609. The molecule has 0 unspecified atom stereocenters. The van der Waals surface area contributed by atoms with E-state index in [1.54, 1.807) is 0 Å². The Morgan fingerprint density at radius 1 is 1.21 bits per heavy atom. The zero-order chi connectivity index (χ0) is 22.0. The lowest BCUT2D eigenvalue weighted by molar-refractivity contribution is -0.178. The van der Waals surface area contributed by atoms with E-state index in [2.05, 4.69) is 4.72 Å². The van der Waals surface area contributed by atoms with Gasteiger partial charge in [0.2, 0.25) is 0 Å². The summed E-state index contributed by atoms with van der Waals surface area (Å²) in [6.45, 7) is 2.75. The first kappa shape index (κ1) is 22.7. The lowest BCUT2D eigenvalue weighted by atomic mass is 9.93. The van der Waals surface area contributed by atoms with Crippen LogP contribution in [0.1, 0.15) is 25.3 Å². The Labute approximate surface area is 168 Å². The van der Waals surface area contributed by atoms with Crippen LogP contribution in [0, 0.1) is 0 Å². The molecule has 0 aliphatic heterocycles. The van der Waals surface area contributed by atoms with Crippen LogP contribution in [-0.4, -0.2) is 37.6 Å². The number of hydrogen-bond acceptors (Lipinski definition) is 7. The average Bonchev–Trinajstić information content (AvgIpc) is 3.11. The van der Waals surface area contributed by atoms with Crippen LogP contribution in [0.2, 0.25) is 0 Å². The van der Waals surface area contributed by atoms with E-state index >= 15 is 0 Å². The maximum Gasteiger partial charge on any atom is 0.451 e. The highest BCUT2D eigenvalue weighted by Crippen LogP contribution is 2.36. The second-order valence-electron chi connectivity index (χ2n) is 6.09. The van der Waals surface area contributed by atoms with Gasteiger partial charge in [-0.3, -0.25) is 14.3 Å². The molecular weight excluding hydrogens is 435 g/mol. The number of carbonyl (C=O) groups excluding carboxylic acids is 2. The Balaban J connectivity index is 2.50. The summed E-state index contributed by atoms with van der Waals surface area (Å²) in [5, 5.41) is 11.5. The Bertz CT molecular complexity index is 1000. The molecular formula is C17H16F3NO6S2. The number of phenols is 1. The van der Waals surface area contributed by atoms with Gasteiger partial charge in [0.05, 0.1) is 6.10 Å². The second kappa shape index (κ2) is 8.41. The predicted octanol–water partition coefficient (Wildman–Crippen LogP) is 3.42. The minimum atomic E-state index is -5.39. The number of sulfonamides is 1. The fourth-order valence-corrected chi connectivity index (χ4v) is 4.35. The van der Waals surface area contributed by atoms with Crippen molar-refractivity contribution in [3.05, 3.63) is 41.3 Å². The highest BCUT2D eigenvalue weighted by atomic mass is 32.2. The number of halogens is 3. The van der Waals surface area contributed by atoms with Crippen LogP contribution in [-0.2, 0) is 24.3 Å². The molecule has 29 heavy (non-hydrogen) atoms. The van der Waals surface area contributed by atoms with Crippen LogP contribution >= 0.6 is 11.3 Å². The van der Waals surface area contributed by atoms with Crippen molar-refractivity contribution in [1.29, 1.82) is 0 Å². The van der Waals surface area contributed by atoms with Gasteiger partial charge in [-0.25, -0.2) is 8.42 Å². The Hall–Kier alpha value is -2.60. The number of rotatable bonds is 7. The van der Waals surface area contributed by atoms with Crippen molar-refractivity contribution < 1.29 is 41.0 Å². The maximum atomic E-state index is 13.0. The number of alkyl halides is 3. The van der Waals surface area contributed by atoms with E-state index in [9.17, 15) is 36.3 Å². The molecule has 0 saturated heterocycles. The van der Waals surface area contributed by atoms with Crippen LogP contribution in [0.4, 0.5) is 18.9 Å². The Kier molecular flexibility index (Phi) is 6.58. The highest BCUT2D eigenvalue weighted by Gasteiger charge is 2.48. The number of ketones is 1. The molecule has 0 fully saturated rings. The molecule has 0 bridgehead atoms. The van der Waals surface area contributed by atoms with Crippen molar-refractivity contribution in [3.8, 4) is 5.75 Å². The van der Waals surface area contributed by atoms with Gasteiger partial charge < -0.3 is 9.84 Å². The summed E-state index contributed by atoms with van der Waals surface area (Å²) < 4.78 is 70.5. The number of ether oxygens (including phenoxy) is 1. The van der Waals surface area contributed by atoms with E-state index in [1.807, 2.05) is 0 Å². The van der Waals surface area contributed by atoms with Gasteiger partial charge in [-0.1, -0.05) is 6.07 Å². The van der Waals surface area contributed by atoms with Gasteiger partial charge in [0.15, 0.2) is 5.92 Å². The zero-order valence-corrected chi connectivity index (χ0v) is 16.7. The first-order valence-electron chi connectivity index (χ1n) is 8.03. The van der Waals surface area contributed by atoms with Crippen LogP contribution < -0.4 is 4.72 Å². The van der Waals surface area contributed by atoms with Crippen LogP contribution in [0.5, 0.6) is 5.75 Å². The standard InChI is InChI=1S/C17H16F3NO6S2/c1-9(2)27-16(24)14(15(23)17(18,19)20)11-8-10(5-6-12(11)22)21-29(25,26)13-4-3-7-28-13/h3-9,14,21-22H,1-2H3/t14-/m1/s1. The monoisotopic (exact) mass is 451 g/mol. The van der Waals surface area contributed by atoms with Crippen molar-refractivity contribution >= 4 is 38.8 Å². The fraction of sp³-hybridized carbons (Fsp3) is 0.294. The summed E-state index contributed by atoms with van der Waals surface area (Å²) in [6.07, 6.45) is -6.21. The van der Waals surface area contributed by atoms with E-state index in [0.29, 0.717) is 0 Å². The van der Waals surface area contributed by atoms with Gasteiger partial charge in [0.1, 0.15) is 9.96 Å². The molecule has 0 amide bonds. The molecule has 12 heteroatoms. The molecule has 1 atom stereocenters. The fourth-order valence-electron chi connectivity index (χ4n) is 2.31. The van der Waals surface area contributed by atoms with Gasteiger partial charge in [0.25, 0.3) is 15.8 Å². The number of esters is 1. The Morgan fingerprint density at radius 3 is 2.38 bits per heavy atom. The van der Waals surface area contributed by atoms with E-state index in [4.69, 9.17) is 4.74 Å². The number of thiophene rings is 1. The summed E-state index contributed by atoms with van der Waals surface area (Å²) >= 11 is 0.906. The van der Waals surface area contributed by atoms with Crippen molar-refractivity contribution in [3.63, 3.8) is 0 Å². The van der Waals surface area contributed by atoms with Crippen molar-refractivity contribution in [2.24, 2.45) is 0 Å². The number of benzene rings is 1. The molecule has 0 radical (unpaired) electrons. The molecule has 2 rings (SSSR count). The number of carbonyl (C=O) groups is 2. The van der Waals surface area contributed by atoms with Crippen LogP contribution in [0.3, 0.4) is 0 Å². The first-order chi connectivity index (χ1) is 13.3. The third-order valence-corrected chi connectivity index (χ3v) is 6.26. The van der Waals surface area contributed by atoms with E-state index in [1.165, 1.54) is 31.4 Å². The van der Waals surface area contributed by atoms with Gasteiger partial charge in [-0.05, 0) is 43.5 Å². The number of aromatic hydroxyl groups is 1. The summed E-state index contributed by atoms with van der Waals surface area (Å²) in [7, 11) is -4.05. The van der Waals surface area contributed by atoms with Crippen molar-refractivity contribution in [2.45, 2.75) is 36.3 Å². The zero-order valence-electron chi connectivity index (χ0n) is 15.1. The molecule has 0 saturated carbocycles. The van der Waals surface area contributed by atoms with Crippen LogP contribution in [0.15, 0.2) is 39.9 Å². The lowest BCUT2D eigenvalue weighted by Crippen LogP contribution is -2.35. The molecule has 1 heterocycles. The van der Waals surface area contributed by atoms with E-state index in [-0.39, 0.29) is 9.90 Å². The van der Waals surface area contributed by atoms with Gasteiger partial charge in [-0.15, -0.1) is 11.3 Å². The smallest absolute Gasteiger partial charge is 0.451 e. The number of anilines is 1. The molecule has 0 spiro atoms. The van der Waals surface area contributed by atoms with Gasteiger partial charge >= 0.3 is 12.1 Å². The number of nitrogens with one attached hydrogen (secondary N) is 1. The highest BCUT2D eigenvalue weighted by molar-refractivity contribution is 7.94. The first-order valence-corrected chi connectivity index (χ1v) is 10.4. The normalized spacial score (nSPS) is 13.2. The predicted molar refractivity (Wildman–Crippen MR) is 98.3 cm³/mol. The summed E-state index contributed by atoms with van der Waals surface area (Å²) in [6, 6.07) is 5.54. The van der Waals surface area contributed by atoms with Crippen molar-refractivity contribution in [2.75, 3.05) is 4.72 Å². The third-order valence-electron chi connectivity index (χ3n) is 3.48. The summed E-state index contributed by atoms with van der Waals surface area (Å²) in [5.74, 6) is -7.27. The maximum absolute atomic E-state index is 13.0. The molecule has 1 aromatic carbocycles. The van der Waals surface area contributed by atoms with E-state index in [0.717, 1.165) is 29.5 Å². The molecule has 0 aliphatic rings. The van der Waals surface area contributed by atoms with Gasteiger partial charge in [-0.2, -0.15) is 13.2 Å². The average molecular weight is 451 g/mol. The topological polar surface area (TPSA) is 110 Å². The second-order valence-corrected chi connectivity index (χ2v) is 8.95. The molecule has 2 N–H and O–H groups in total. The molecule has 2 aromatic rings. The lowest BCUT2D eigenvalue weighted by Gasteiger charge is -2.20. The summed E-state index contributed by atoms with van der Waals surface area (Å²) in [4.78, 5) is 24.0. The minimum Gasteiger partial charge on any atom is -0.508 e. The molecule has 7 nitrogen and oxygen atoms in total. The number of phenolic OH excluding ortho intramolecular Hbond substituents is 1. The third kappa shape index (κ3) is 5.48. The molecule has 158 valence electrons. The largest absolute Gasteiger partial charge is 0.508 e. The Morgan fingerprint density at radius 2 is 1.86 bits per heavy atom. The van der Waals surface area contributed by atoms with E-state index < -0.39 is 51.3 Å². The quantitative estimate of drug-likeness (QED) is 0.379. The van der Waals surface area contributed by atoms with Gasteiger partial charge in [0, 0.05) is 11.3 Å². The SMILES string of the molecule is CC(C)OC(=O)[C@@H](C(=O)C(F)(F)F)c1cc(NS(=O)(=O)c2cccs2)ccc1O. The van der Waals surface area contributed by atoms with Crippen LogP contribution in [0.25, 0.3) is 0 Å².